The number of hydrogen-bond acceptors (Lipinski definition) is 5. The molecule has 0 spiro atoms. The molecule has 0 rings (SSSR count). The van der Waals surface area contributed by atoms with Crippen LogP contribution in [0.25, 0.3) is 0 Å². The van der Waals surface area contributed by atoms with E-state index in [-0.39, 0.29) is 24.9 Å². The lowest BCUT2D eigenvalue weighted by Crippen LogP contribution is -2.46. The molecule has 0 radical (unpaired) electrons. The zero-order valence-corrected chi connectivity index (χ0v) is 38.9. The number of aliphatic hydroxyl groups excluding tert-OH is 2. The Morgan fingerprint density at radius 3 is 1.28 bits per heavy atom. The molecule has 0 aromatic heterocycles. The molecule has 0 aliphatic rings. The Morgan fingerprint density at radius 1 is 0.483 bits per heavy atom. The largest absolute Gasteiger partial charge is 0.462 e. The van der Waals surface area contributed by atoms with Crippen LogP contribution in [0.15, 0.2) is 24.3 Å². The fourth-order valence-electron chi connectivity index (χ4n) is 7.83. The summed E-state index contributed by atoms with van der Waals surface area (Å²) in [5.41, 5.74) is 0. The zero-order chi connectivity index (χ0) is 42.4. The van der Waals surface area contributed by atoms with Gasteiger partial charge in [-0.2, -0.15) is 0 Å². The average molecular weight is 818 g/mol. The van der Waals surface area contributed by atoms with E-state index >= 15 is 0 Å². The highest BCUT2D eigenvalue weighted by atomic mass is 16.5. The van der Waals surface area contributed by atoms with Crippen molar-refractivity contribution in [1.29, 1.82) is 0 Å². The Hall–Kier alpha value is -1.66. The molecule has 1 amide bonds. The lowest BCUT2D eigenvalue weighted by molar-refractivity contribution is -0.151. The van der Waals surface area contributed by atoms with E-state index in [1.807, 2.05) is 0 Å². The van der Waals surface area contributed by atoms with Crippen molar-refractivity contribution < 1.29 is 24.5 Å². The van der Waals surface area contributed by atoms with Crippen molar-refractivity contribution in [1.82, 2.24) is 5.32 Å². The molecule has 0 saturated carbocycles. The second-order valence-corrected chi connectivity index (χ2v) is 17.6. The van der Waals surface area contributed by atoms with E-state index in [1.54, 1.807) is 0 Å². The number of hydrogen-bond donors (Lipinski definition) is 3. The number of ether oxygens (including phenoxy) is 1. The van der Waals surface area contributed by atoms with Gasteiger partial charge in [-0.15, -0.1) is 0 Å². The van der Waals surface area contributed by atoms with Crippen molar-refractivity contribution in [2.75, 3.05) is 6.61 Å². The monoisotopic (exact) mass is 818 g/mol. The molecule has 58 heavy (non-hydrogen) atoms. The third-order valence-electron chi connectivity index (χ3n) is 11.8. The van der Waals surface area contributed by atoms with Crippen LogP contribution in [0.5, 0.6) is 0 Å². The van der Waals surface area contributed by atoms with Gasteiger partial charge in [0, 0.05) is 6.42 Å². The number of nitrogens with one attached hydrogen (secondary N) is 1. The lowest BCUT2D eigenvalue weighted by Gasteiger charge is -2.24. The Bertz CT molecular complexity index is 919. The number of amides is 1. The van der Waals surface area contributed by atoms with Gasteiger partial charge >= 0.3 is 5.97 Å². The van der Waals surface area contributed by atoms with Gasteiger partial charge in [0.15, 0.2) is 0 Å². The fourth-order valence-corrected chi connectivity index (χ4v) is 7.83. The van der Waals surface area contributed by atoms with Crippen LogP contribution in [0, 0.1) is 0 Å². The van der Waals surface area contributed by atoms with E-state index in [2.05, 4.69) is 50.4 Å². The highest BCUT2D eigenvalue weighted by Gasteiger charge is 2.24. The minimum atomic E-state index is -0.790. The topological polar surface area (TPSA) is 95.9 Å². The molecule has 0 fully saturated rings. The number of carbonyl (C=O) groups excluding carboxylic acids is 2. The molecule has 0 saturated heterocycles. The first-order valence-corrected chi connectivity index (χ1v) is 25.6. The lowest BCUT2D eigenvalue weighted by atomic mass is 10.0. The predicted molar refractivity (Wildman–Crippen MR) is 250 cm³/mol. The van der Waals surface area contributed by atoms with Crippen LogP contribution >= 0.6 is 0 Å². The van der Waals surface area contributed by atoms with Gasteiger partial charge in [0.05, 0.1) is 25.2 Å². The number of allylic oxidation sites excluding steroid dienone is 4. The number of unbranched alkanes of at least 4 members (excludes halogenated alkanes) is 30. The third kappa shape index (κ3) is 41.1. The molecular weight excluding hydrogens is 719 g/mol. The second-order valence-electron chi connectivity index (χ2n) is 17.6. The van der Waals surface area contributed by atoms with E-state index in [9.17, 15) is 19.8 Å². The normalized spacial score (nSPS) is 13.4. The fraction of sp³-hybridized carbons (Fsp3) is 0.885. The molecule has 3 N–H and O–H groups in total. The molecule has 0 aromatic rings. The van der Waals surface area contributed by atoms with Gasteiger partial charge < -0.3 is 20.3 Å². The quantitative estimate of drug-likeness (QED) is 0.0323. The van der Waals surface area contributed by atoms with Crippen molar-refractivity contribution in [3.05, 3.63) is 24.3 Å². The second kappa shape index (κ2) is 46.4. The summed E-state index contributed by atoms with van der Waals surface area (Å²) in [5.74, 6) is -0.500. The maximum atomic E-state index is 13.2. The molecular formula is C52H99NO5. The Balaban J connectivity index is 4.50. The molecule has 342 valence electrons. The summed E-state index contributed by atoms with van der Waals surface area (Å²) in [7, 11) is 0. The van der Waals surface area contributed by atoms with Crippen LogP contribution in [0.2, 0.25) is 0 Å². The number of aliphatic hydroxyl groups is 2. The Kier molecular flexibility index (Phi) is 45.1. The van der Waals surface area contributed by atoms with Crippen LogP contribution in [0.1, 0.15) is 271 Å². The summed E-state index contributed by atoms with van der Waals surface area (Å²) in [6, 6.07) is -0.704. The summed E-state index contributed by atoms with van der Waals surface area (Å²) >= 11 is 0. The highest BCUT2D eigenvalue weighted by molar-refractivity contribution is 5.77. The standard InChI is InChI=1S/C52H99NO5/c1-4-7-10-13-16-19-22-24-26-27-29-32-35-38-41-44-50(55)49(47-54)53-51(56)46-48(43-40-37-34-31-21-18-15-12-9-6-3)58-52(57)45-42-39-36-33-30-28-25-23-20-17-14-11-8-5-2/h18,21,28,30,48-50,54-55H,4-17,19-20,22-27,29,31-47H2,1-3H3,(H,53,56)/b21-18-,30-28-. The van der Waals surface area contributed by atoms with Gasteiger partial charge in [-0.25, -0.2) is 0 Å². The number of carbonyl (C=O) groups is 2. The van der Waals surface area contributed by atoms with E-state index < -0.39 is 18.2 Å². The van der Waals surface area contributed by atoms with Gasteiger partial charge in [-0.1, -0.05) is 206 Å². The minimum Gasteiger partial charge on any atom is -0.462 e. The number of esters is 1. The molecule has 0 heterocycles. The van der Waals surface area contributed by atoms with Crippen molar-refractivity contribution in [2.45, 2.75) is 289 Å². The van der Waals surface area contributed by atoms with Crippen molar-refractivity contribution in [3.63, 3.8) is 0 Å². The van der Waals surface area contributed by atoms with Gasteiger partial charge in [-0.05, 0) is 77.0 Å². The van der Waals surface area contributed by atoms with Crippen LogP contribution < -0.4 is 5.32 Å². The molecule has 0 aromatic carbocycles. The number of rotatable bonds is 46. The SMILES string of the molecule is CCCCC/C=C\CCCCCC(CC(=O)NC(CO)C(O)CCCCCCCCCCCCCCCCC)OC(=O)CCCCC/C=C\CCCCCCCCC. The Morgan fingerprint density at radius 2 is 0.828 bits per heavy atom. The molecule has 0 aliphatic heterocycles. The predicted octanol–water partition coefficient (Wildman–Crippen LogP) is 15.1. The molecule has 0 aliphatic carbocycles. The smallest absolute Gasteiger partial charge is 0.306 e. The van der Waals surface area contributed by atoms with Crippen molar-refractivity contribution in [2.24, 2.45) is 0 Å². The van der Waals surface area contributed by atoms with Gasteiger partial charge in [0.2, 0.25) is 5.91 Å². The van der Waals surface area contributed by atoms with E-state index in [4.69, 9.17) is 4.74 Å². The molecule has 6 nitrogen and oxygen atoms in total. The van der Waals surface area contributed by atoms with Gasteiger partial charge in [-0.3, -0.25) is 9.59 Å². The summed E-state index contributed by atoms with van der Waals surface area (Å²) in [6.07, 6.45) is 52.4. The zero-order valence-electron chi connectivity index (χ0n) is 38.9. The van der Waals surface area contributed by atoms with E-state index in [0.29, 0.717) is 19.3 Å². The maximum absolute atomic E-state index is 13.2. The molecule has 0 bridgehead atoms. The minimum absolute atomic E-state index is 0.0643. The van der Waals surface area contributed by atoms with Crippen molar-refractivity contribution >= 4 is 11.9 Å². The highest BCUT2D eigenvalue weighted by Crippen LogP contribution is 2.17. The van der Waals surface area contributed by atoms with Crippen LogP contribution in [-0.4, -0.2) is 46.9 Å². The first-order chi connectivity index (χ1) is 28.5. The third-order valence-corrected chi connectivity index (χ3v) is 11.8. The average Bonchev–Trinajstić information content (AvgIpc) is 3.22. The maximum Gasteiger partial charge on any atom is 0.306 e. The van der Waals surface area contributed by atoms with Crippen molar-refractivity contribution in [3.8, 4) is 0 Å². The van der Waals surface area contributed by atoms with E-state index in [1.165, 1.54) is 154 Å². The summed E-state index contributed by atoms with van der Waals surface area (Å²) in [4.78, 5) is 26.0. The van der Waals surface area contributed by atoms with Crippen LogP contribution in [-0.2, 0) is 14.3 Å². The summed E-state index contributed by atoms with van der Waals surface area (Å²) in [6.45, 7) is 6.46. The molecule has 3 unspecified atom stereocenters. The molecule has 6 heteroatoms. The van der Waals surface area contributed by atoms with Gasteiger partial charge in [0.1, 0.15) is 6.10 Å². The van der Waals surface area contributed by atoms with Crippen LogP contribution in [0.3, 0.4) is 0 Å². The van der Waals surface area contributed by atoms with Gasteiger partial charge in [0.25, 0.3) is 0 Å². The van der Waals surface area contributed by atoms with E-state index in [0.717, 1.165) is 70.6 Å². The van der Waals surface area contributed by atoms with Crippen LogP contribution in [0.4, 0.5) is 0 Å². The first kappa shape index (κ1) is 56.3. The summed E-state index contributed by atoms with van der Waals surface area (Å²) in [5, 5.41) is 23.7. The first-order valence-electron chi connectivity index (χ1n) is 25.6. The molecule has 3 atom stereocenters. The Labute approximate surface area is 361 Å². The summed E-state index contributed by atoms with van der Waals surface area (Å²) < 4.78 is 5.90.